The molecule has 0 spiro atoms. The second-order valence-corrected chi connectivity index (χ2v) is 8.17. The third-order valence-electron chi connectivity index (χ3n) is 3.74. The molecule has 3 aromatic rings. The van der Waals surface area contributed by atoms with Crippen LogP contribution >= 0.6 is 23.1 Å². The highest BCUT2D eigenvalue weighted by Gasteiger charge is 2.20. The average molecular weight is 403 g/mol. The van der Waals surface area contributed by atoms with Crippen molar-refractivity contribution in [2.24, 2.45) is 5.92 Å². The van der Waals surface area contributed by atoms with Gasteiger partial charge < -0.3 is 10.1 Å². The van der Waals surface area contributed by atoms with Crippen LogP contribution in [0.5, 0.6) is 5.75 Å². The van der Waals surface area contributed by atoms with Gasteiger partial charge in [0.05, 0.1) is 23.4 Å². The van der Waals surface area contributed by atoms with E-state index in [4.69, 9.17) is 4.74 Å². The Morgan fingerprint density at radius 2 is 2.07 bits per heavy atom. The van der Waals surface area contributed by atoms with Crippen molar-refractivity contribution in [1.82, 2.24) is 20.1 Å². The zero-order chi connectivity index (χ0) is 19.2. The number of amides is 1. The van der Waals surface area contributed by atoms with Crippen molar-refractivity contribution < 1.29 is 9.53 Å². The Bertz CT molecular complexity index is 891. The Kier molecular flexibility index (Phi) is 6.52. The number of thioether (sulfide) groups is 1. The molecule has 0 saturated carbocycles. The molecule has 27 heavy (non-hydrogen) atoms. The minimum Gasteiger partial charge on any atom is -0.495 e. The zero-order valence-corrected chi connectivity index (χ0v) is 17.1. The molecule has 2 heterocycles. The summed E-state index contributed by atoms with van der Waals surface area (Å²) in [6, 6.07) is 11.7. The standard InChI is InChI=1S/C19H22N4O2S2/c1-13(2)11-20-17(24)12-27-19-22-21-18(16-9-6-10-26-16)23(19)14-7-4-5-8-15(14)25-3/h4-10,13H,11-12H2,1-3H3,(H,20,24). The molecule has 2 aromatic heterocycles. The number of hydrogen-bond acceptors (Lipinski definition) is 6. The largest absolute Gasteiger partial charge is 0.495 e. The van der Waals surface area contributed by atoms with Gasteiger partial charge in [-0.25, -0.2) is 0 Å². The molecule has 0 bridgehead atoms. The van der Waals surface area contributed by atoms with Gasteiger partial charge in [0.2, 0.25) is 5.91 Å². The third-order valence-corrected chi connectivity index (χ3v) is 5.54. The van der Waals surface area contributed by atoms with Crippen LogP contribution < -0.4 is 10.1 Å². The number of nitrogens with one attached hydrogen (secondary N) is 1. The van der Waals surface area contributed by atoms with E-state index in [1.165, 1.54) is 11.8 Å². The van der Waals surface area contributed by atoms with E-state index in [0.717, 1.165) is 22.1 Å². The number of para-hydroxylation sites is 2. The SMILES string of the molecule is COc1ccccc1-n1c(SCC(=O)NCC(C)C)nnc1-c1cccs1. The Morgan fingerprint density at radius 1 is 1.26 bits per heavy atom. The molecule has 0 aliphatic heterocycles. The predicted octanol–water partition coefficient (Wildman–Crippen LogP) is 3.87. The molecular formula is C19H22N4O2S2. The molecule has 0 fully saturated rings. The van der Waals surface area contributed by atoms with E-state index in [2.05, 4.69) is 29.4 Å². The molecule has 0 atom stereocenters. The number of aromatic nitrogens is 3. The van der Waals surface area contributed by atoms with Gasteiger partial charge in [-0.15, -0.1) is 21.5 Å². The minimum absolute atomic E-state index is 0.0130. The van der Waals surface area contributed by atoms with E-state index in [1.54, 1.807) is 18.4 Å². The quantitative estimate of drug-likeness (QED) is 0.579. The number of nitrogens with zero attached hydrogens (tertiary/aromatic N) is 3. The Labute approximate surface area is 167 Å². The lowest BCUT2D eigenvalue weighted by Crippen LogP contribution is -2.28. The molecular weight excluding hydrogens is 380 g/mol. The van der Waals surface area contributed by atoms with Gasteiger partial charge in [-0.05, 0) is 29.5 Å². The maximum atomic E-state index is 12.1. The lowest BCUT2D eigenvalue weighted by atomic mass is 10.2. The van der Waals surface area contributed by atoms with Crippen LogP contribution in [0.15, 0.2) is 46.9 Å². The molecule has 1 N–H and O–H groups in total. The number of hydrogen-bond donors (Lipinski definition) is 1. The number of rotatable bonds is 8. The van der Waals surface area contributed by atoms with Crippen LogP contribution in [0.25, 0.3) is 16.4 Å². The second kappa shape index (κ2) is 9.05. The van der Waals surface area contributed by atoms with E-state index in [-0.39, 0.29) is 11.7 Å². The number of methoxy groups -OCH3 is 1. The Morgan fingerprint density at radius 3 is 2.78 bits per heavy atom. The summed E-state index contributed by atoms with van der Waals surface area (Å²) in [4.78, 5) is 13.1. The average Bonchev–Trinajstić information content (AvgIpc) is 3.33. The lowest BCUT2D eigenvalue weighted by Gasteiger charge is -2.13. The maximum Gasteiger partial charge on any atom is 0.230 e. The van der Waals surface area contributed by atoms with Crippen molar-refractivity contribution in [2.45, 2.75) is 19.0 Å². The van der Waals surface area contributed by atoms with Gasteiger partial charge in [-0.3, -0.25) is 9.36 Å². The van der Waals surface area contributed by atoms with Gasteiger partial charge in [-0.1, -0.05) is 43.8 Å². The summed E-state index contributed by atoms with van der Waals surface area (Å²) < 4.78 is 7.47. The van der Waals surface area contributed by atoms with Crippen LogP contribution in [-0.4, -0.2) is 40.1 Å². The first-order valence-electron chi connectivity index (χ1n) is 8.62. The van der Waals surface area contributed by atoms with E-state index in [1.807, 2.05) is 46.3 Å². The Hall–Kier alpha value is -2.32. The molecule has 1 aromatic carbocycles. The van der Waals surface area contributed by atoms with Crippen LogP contribution in [0, 0.1) is 5.92 Å². The van der Waals surface area contributed by atoms with Crippen LogP contribution in [0.4, 0.5) is 0 Å². The van der Waals surface area contributed by atoms with Crippen LogP contribution in [0.1, 0.15) is 13.8 Å². The molecule has 0 aliphatic rings. The van der Waals surface area contributed by atoms with E-state index in [0.29, 0.717) is 17.6 Å². The van der Waals surface area contributed by atoms with Gasteiger partial charge in [0.25, 0.3) is 0 Å². The highest BCUT2D eigenvalue weighted by molar-refractivity contribution is 7.99. The summed E-state index contributed by atoms with van der Waals surface area (Å²) >= 11 is 2.96. The highest BCUT2D eigenvalue weighted by atomic mass is 32.2. The molecule has 0 unspecified atom stereocenters. The summed E-state index contributed by atoms with van der Waals surface area (Å²) in [6.45, 7) is 4.80. The fourth-order valence-electron chi connectivity index (χ4n) is 2.46. The number of carbonyl (C=O) groups excluding carboxylic acids is 1. The lowest BCUT2D eigenvalue weighted by molar-refractivity contribution is -0.118. The summed E-state index contributed by atoms with van der Waals surface area (Å²) in [6.07, 6.45) is 0. The van der Waals surface area contributed by atoms with Crippen LogP contribution in [0.3, 0.4) is 0 Å². The second-order valence-electron chi connectivity index (χ2n) is 6.28. The molecule has 142 valence electrons. The first-order chi connectivity index (χ1) is 13.1. The molecule has 0 radical (unpaired) electrons. The van der Waals surface area contributed by atoms with E-state index < -0.39 is 0 Å². The normalized spacial score (nSPS) is 11.0. The summed E-state index contributed by atoms with van der Waals surface area (Å²) in [7, 11) is 1.64. The van der Waals surface area contributed by atoms with Crippen molar-refractivity contribution in [2.75, 3.05) is 19.4 Å². The van der Waals surface area contributed by atoms with Crippen molar-refractivity contribution in [3.8, 4) is 22.1 Å². The van der Waals surface area contributed by atoms with E-state index >= 15 is 0 Å². The van der Waals surface area contributed by atoms with Crippen LogP contribution in [0.2, 0.25) is 0 Å². The molecule has 3 rings (SSSR count). The molecule has 0 aliphatic carbocycles. The van der Waals surface area contributed by atoms with Crippen LogP contribution in [-0.2, 0) is 4.79 Å². The van der Waals surface area contributed by atoms with Gasteiger partial charge in [0, 0.05) is 6.54 Å². The first-order valence-corrected chi connectivity index (χ1v) is 10.5. The van der Waals surface area contributed by atoms with Gasteiger partial charge in [-0.2, -0.15) is 0 Å². The number of thiophene rings is 1. The van der Waals surface area contributed by atoms with Crippen molar-refractivity contribution >= 4 is 29.0 Å². The van der Waals surface area contributed by atoms with Gasteiger partial charge in [0.15, 0.2) is 11.0 Å². The van der Waals surface area contributed by atoms with Crippen molar-refractivity contribution in [1.29, 1.82) is 0 Å². The fourth-order valence-corrected chi connectivity index (χ4v) is 3.93. The third kappa shape index (κ3) is 4.70. The summed E-state index contributed by atoms with van der Waals surface area (Å²) in [5, 5.41) is 14.3. The maximum absolute atomic E-state index is 12.1. The summed E-state index contributed by atoms with van der Waals surface area (Å²) in [5.74, 6) is 2.15. The molecule has 0 saturated heterocycles. The number of benzene rings is 1. The molecule has 6 nitrogen and oxygen atoms in total. The first kappa shape index (κ1) is 19.4. The van der Waals surface area contributed by atoms with Gasteiger partial charge >= 0.3 is 0 Å². The predicted molar refractivity (Wildman–Crippen MR) is 110 cm³/mol. The Balaban J connectivity index is 1.92. The molecule has 8 heteroatoms. The minimum atomic E-state index is -0.0130. The number of carbonyl (C=O) groups is 1. The smallest absolute Gasteiger partial charge is 0.230 e. The van der Waals surface area contributed by atoms with Crippen molar-refractivity contribution in [3.63, 3.8) is 0 Å². The summed E-state index contributed by atoms with van der Waals surface area (Å²) in [5.41, 5.74) is 0.846. The van der Waals surface area contributed by atoms with Crippen molar-refractivity contribution in [3.05, 3.63) is 41.8 Å². The topological polar surface area (TPSA) is 69.0 Å². The zero-order valence-electron chi connectivity index (χ0n) is 15.5. The fraction of sp³-hybridized carbons (Fsp3) is 0.316. The van der Waals surface area contributed by atoms with Gasteiger partial charge in [0.1, 0.15) is 5.75 Å². The highest BCUT2D eigenvalue weighted by Crippen LogP contribution is 2.33. The van der Waals surface area contributed by atoms with E-state index in [9.17, 15) is 4.79 Å². The molecule has 1 amide bonds. The monoisotopic (exact) mass is 402 g/mol. The number of ether oxygens (including phenoxy) is 1.